The Morgan fingerprint density at radius 1 is 1.53 bits per heavy atom. The van der Waals surface area contributed by atoms with E-state index in [1.807, 2.05) is 0 Å². The van der Waals surface area contributed by atoms with Crippen molar-refractivity contribution in [3.8, 4) is 0 Å². The van der Waals surface area contributed by atoms with E-state index in [0.717, 1.165) is 44.2 Å². The van der Waals surface area contributed by atoms with Gasteiger partial charge in [-0.3, -0.25) is 4.90 Å². The van der Waals surface area contributed by atoms with Gasteiger partial charge >= 0.3 is 0 Å². The fourth-order valence-electron chi connectivity index (χ4n) is 2.19. The van der Waals surface area contributed by atoms with Gasteiger partial charge in [-0.25, -0.2) is 0 Å². The van der Waals surface area contributed by atoms with Crippen molar-refractivity contribution < 1.29 is 9.63 Å². The fraction of sp³-hybridized carbons (Fsp3) is 0.833. The Morgan fingerprint density at radius 2 is 2.35 bits per heavy atom. The summed E-state index contributed by atoms with van der Waals surface area (Å²) in [6.45, 7) is 7.23. The zero-order chi connectivity index (χ0) is 12.3. The lowest BCUT2D eigenvalue weighted by Gasteiger charge is -2.12. The lowest BCUT2D eigenvalue weighted by atomic mass is 10.1. The molecule has 1 aromatic rings. The predicted molar refractivity (Wildman–Crippen MR) is 63.3 cm³/mol. The minimum atomic E-state index is 0.279. The van der Waals surface area contributed by atoms with Crippen molar-refractivity contribution in [2.75, 3.05) is 19.7 Å². The summed E-state index contributed by atoms with van der Waals surface area (Å²) >= 11 is 0. The number of aromatic nitrogens is 2. The van der Waals surface area contributed by atoms with Gasteiger partial charge in [0.25, 0.3) is 0 Å². The molecule has 5 nitrogen and oxygen atoms in total. The van der Waals surface area contributed by atoms with Crippen molar-refractivity contribution in [2.24, 2.45) is 11.8 Å². The molecule has 0 radical (unpaired) electrons. The average molecular weight is 239 g/mol. The first kappa shape index (κ1) is 12.5. The van der Waals surface area contributed by atoms with Crippen molar-refractivity contribution in [2.45, 2.75) is 33.2 Å². The third-order valence-electron chi connectivity index (χ3n) is 3.09. The molecule has 1 unspecified atom stereocenters. The molecule has 0 aliphatic carbocycles. The molecule has 2 rings (SSSR count). The summed E-state index contributed by atoms with van der Waals surface area (Å²) in [7, 11) is 0. The van der Waals surface area contributed by atoms with Crippen molar-refractivity contribution in [3.05, 3.63) is 11.7 Å². The Kier molecular flexibility index (Phi) is 4.12. The van der Waals surface area contributed by atoms with Crippen LogP contribution in [0.15, 0.2) is 4.52 Å². The van der Waals surface area contributed by atoms with Gasteiger partial charge in [0.05, 0.1) is 6.54 Å². The highest BCUT2D eigenvalue weighted by Gasteiger charge is 2.23. The standard InChI is InChI=1S/C12H21N3O2/c1-9(2)5-12-13-11(14-17-12)7-15-4-3-10(6-15)8-16/h9-10,16H,3-8H2,1-2H3. The van der Waals surface area contributed by atoms with Crippen LogP contribution in [0.3, 0.4) is 0 Å². The Bertz CT molecular complexity index is 351. The fourth-order valence-corrected chi connectivity index (χ4v) is 2.19. The zero-order valence-electron chi connectivity index (χ0n) is 10.6. The van der Waals surface area contributed by atoms with Gasteiger partial charge in [0, 0.05) is 19.6 Å². The van der Waals surface area contributed by atoms with Crippen molar-refractivity contribution in [3.63, 3.8) is 0 Å². The van der Waals surface area contributed by atoms with Crippen LogP contribution in [0.5, 0.6) is 0 Å². The van der Waals surface area contributed by atoms with Crippen molar-refractivity contribution in [1.29, 1.82) is 0 Å². The highest BCUT2D eigenvalue weighted by Crippen LogP contribution is 2.17. The molecule has 2 heterocycles. The second-order valence-electron chi connectivity index (χ2n) is 5.27. The van der Waals surface area contributed by atoms with Gasteiger partial charge in [-0.05, 0) is 24.8 Å². The van der Waals surface area contributed by atoms with E-state index in [2.05, 4.69) is 28.9 Å². The van der Waals surface area contributed by atoms with Crippen LogP contribution in [0.4, 0.5) is 0 Å². The molecule has 0 amide bonds. The van der Waals surface area contributed by atoms with Gasteiger partial charge in [-0.15, -0.1) is 0 Å². The molecule has 1 aromatic heterocycles. The quantitative estimate of drug-likeness (QED) is 0.833. The molecule has 5 heteroatoms. The molecule has 0 bridgehead atoms. The molecular formula is C12H21N3O2. The van der Waals surface area contributed by atoms with Gasteiger partial charge in [-0.2, -0.15) is 4.98 Å². The first-order valence-corrected chi connectivity index (χ1v) is 6.32. The minimum absolute atomic E-state index is 0.279. The second-order valence-corrected chi connectivity index (χ2v) is 5.27. The number of nitrogens with zero attached hydrogens (tertiary/aromatic N) is 3. The van der Waals surface area contributed by atoms with Crippen LogP contribution in [0.2, 0.25) is 0 Å². The third kappa shape index (κ3) is 3.51. The van der Waals surface area contributed by atoms with Crippen molar-refractivity contribution >= 4 is 0 Å². The molecule has 1 N–H and O–H groups in total. The summed E-state index contributed by atoms with van der Waals surface area (Å²) in [6.07, 6.45) is 1.90. The normalized spacial score (nSPS) is 21.5. The van der Waals surface area contributed by atoms with Crippen molar-refractivity contribution in [1.82, 2.24) is 15.0 Å². The van der Waals surface area contributed by atoms with Gasteiger partial charge < -0.3 is 9.63 Å². The molecule has 0 spiro atoms. The second kappa shape index (κ2) is 5.60. The van der Waals surface area contributed by atoms with Crippen LogP contribution >= 0.6 is 0 Å². The highest BCUT2D eigenvalue weighted by molar-refractivity contribution is 4.89. The lowest BCUT2D eigenvalue weighted by molar-refractivity contribution is 0.218. The van der Waals surface area contributed by atoms with Crippen LogP contribution in [-0.4, -0.2) is 39.8 Å². The Balaban J connectivity index is 1.85. The van der Waals surface area contributed by atoms with E-state index in [9.17, 15) is 0 Å². The van der Waals surface area contributed by atoms with Crippen LogP contribution in [0, 0.1) is 11.8 Å². The number of hydrogen-bond acceptors (Lipinski definition) is 5. The van der Waals surface area contributed by atoms with E-state index in [1.165, 1.54) is 0 Å². The van der Waals surface area contributed by atoms with Crippen LogP contribution in [0.1, 0.15) is 32.0 Å². The monoisotopic (exact) mass is 239 g/mol. The van der Waals surface area contributed by atoms with E-state index >= 15 is 0 Å². The molecule has 1 aliphatic rings. The number of aliphatic hydroxyl groups is 1. The molecule has 17 heavy (non-hydrogen) atoms. The predicted octanol–water partition coefficient (Wildman–Crippen LogP) is 1.08. The maximum atomic E-state index is 9.08. The SMILES string of the molecule is CC(C)Cc1nc(CN2CCC(CO)C2)no1. The number of aliphatic hydroxyl groups excluding tert-OH is 1. The highest BCUT2D eigenvalue weighted by atomic mass is 16.5. The van der Waals surface area contributed by atoms with Crippen LogP contribution in [0.25, 0.3) is 0 Å². The van der Waals surface area contributed by atoms with E-state index in [1.54, 1.807) is 0 Å². The van der Waals surface area contributed by atoms with Gasteiger partial charge in [0.2, 0.25) is 5.89 Å². The summed E-state index contributed by atoms with van der Waals surface area (Å²) in [5.74, 6) is 2.44. The Morgan fingerprint density at radius 3 is 3.00 bits per heavy atom. The molecule has 1 aliphatic heterocycles. The van der Waals surface area contributed by atoms with Crippen LogP contribution in [-0.2, 0) is 13.0 Å². The number of likely N-dealkylation sites (tertiary alicyclic amines) is 1. The third-order valence-corrected chi connectivity index (χ3v) is 3.09. The van der Waals surface area contributed by atoms with E-state index < -0.39 is 0 Å². The lowest BCUT2D eigenvalue weighted by Crippen LogP contribution is -2.21. The van der Waals surface area contributed by atoms with Gasteiger partial charge in [-0.1, -0.05) is 19.0 Å². The Hall–Kier alpha value is -0.940. The molecule has 0 aromatic carbocycles. The van der Waals surface area contributed by atoms with E-state index in [-0.39, 0.29) is 6.61 Å². The maximum Gasteiger partial charge on any atom is 0.226 e. The smallest absolute Gasteiger partial charge is 0.226 e. The summed E-state index contributed by atoms with van der Waals surface area (Å²) in [5.41, 5.74) is 0. The molecule has 1 saturated heterocycles. The van der Waals surface area contributed by atoms with E-state index in [4.69, 9.17) is 9.63 Å². The summed E-state index contributed by atoms with van der Waals surface area (Å²) < 4.78 is 5.20. The van der Waals surface area contributed by atoms with E-state index in [0.29, 0.717) is 11.8 Å². The molecule has 0 saturated carbocycles. The molecule has 96 valence electrons. The molecule has 1 atom stereocenters. The number of rotatable bonds is 5. The first-order valence-electron chi connectivity index (χ1n) is 6.32. The summed E-state index contributed by atoms with van der Waals surface area (Å²) in [6, 6.07) is 0. The van der Waals surface area contributed by atoms with Gasteiger partial charge in [0.1, 0.15) is 0 Å². The minimum Gasteiger partial charge on any atom is -0.396 e. The largest absolute Gasteiger partial charge is 0.396 e. The van der Waals surface area contributed by atoms with Crippen LogP contribution < -0.4 is 0 Å². The maximum absolute atomic E-state index is 9.08. The number of hydrogen-bond donors (Lipinski definition) is 1. The molecular weight excluding hydrogens is 218 g/mol. The summed E-state index contributed by atoms with van der Waals surface area (Å²) in [5, 5.41) is 13.1. The topological polar surface area (TPSA) is 62.4 Å². The Labute approximate surface area is 102 Å². The average Bonchev–Trinajstić information content (AvgIpc) is 2.88. The zero-order valence-corrected chi connectivity index (χ0v) is 10.6. The molecule has 1 fully saturated rings. The van der Waals surface area contributed by atoms with Gasteiger partial charge in [0.15, 0.2) is 5.82 Å². The first-order chi connectivity index (χ1) is 8.17. The summed E-state index contributed by atoms with van der Waals surface area (Å²) in [4.78, 5) is 6.65.